The molecule has 6 heteroatoms. The molecule has 0 radical (unpaired) electrons. The SMILES string of the molecule is CCCCCCC/C=C\CCCCCCCC(=O)OCCCCCCCCCCCCCCCCCCCCCCCCCCCCCCCCCCC(=O)NC(CO)C(O)/C=C/CCCCCCCCCCCC. The Morgan fingerprint density at radius 2 is 0.627 bits per heavy atom. The van der Waals surface area contributed by atoms with E-state index in [2.05, 4.69) is 31.3 Å². The van der Waals surface area contributed by atoms with E-state index in [-0.39, 0.29) is 18.5 Å². The van der Waals surface area contributed by atoms with Crippen LogP contribution in [0.15, 0.2) is 24.3 Å². The van der Waals surface area contributed by atoms with Crippen molar-refractivity contribution in [3.8, 4) is 0 Å². The number of aliphatic hydroxyl groups is 2. The van der Waals surface area contributed by atoms with Gasteiger partial charge in [0.1, 0.15) is 0 Å². The second-order valence-corrected chi connectivity index (χ2v) is 23.5. The van der Waals surface area contributed by atoms with Gasteiger partial charge < -0.3 is 20.3 Å². The Labute approximate surface area is 469 Å². The van der Waals surface area contributed by atoms with Gasteiger partial charge in [-0.15, -0.1) is 0 Å². The number of allylic oxidation sites excluding steroid dienone is 3. The quantitative estimate of drug-likeness (QED) is 0.0320. The summed E-state index contributed by atoms with van der Waals surface area (Å²) in [6.07, 6.45) is 81.2. The van der Waals surface area contributed by atoms with E-state index in [9.17, 15) is 19.8 Å². The van der Waals surface area contributed by atoms with Crippen molar-refractivity contribution in [3.05, 3.63) is 24.3 Å². The van der Waals surface area contributed by atoms with Crippen LogP contribution < -0.4 is 5.32 Å². The molecule has 0 heterocycles. The van der Waals surface area contributed by atoms with Crippen LogP contribution in [0.1, 0.15) is 380 Å². The molecule has 75 heavy (non-hydrogen) atoms. The Morgan fingerprint density at radius 3 is 0.947 bits per heavy atom. The minimum absolute atomic E-state index is 0.0127. The number of aliphatic hydroxyl groups excluding tert-OH is 2. The van der Waals surface area contributed by atoms with Crippen molar-refractivity contribution in [2.45, 2.75) is 392 Å². The number of amides is 1. The van der Waals surface area contributed by atoms with Crippen LogP contribution in [0.25, 0.3) is 0 Å². The highest BCUT2D eigenvalue weighted by molar-refractivity contribution is 5.76. The van der Waals surface area contributed by atoms with Crippen LogP contribution in [0.4, 0.5) is 0 Å². The lowest BCUT2D eigenvalue weighted by atomic mass is 10.0. The van der Waals surface area contributed by atoms with Gasteiger partial charge >= 0.3 is 5.97 Å². The maximum absolute atomic E-state index is 12.4. The molecule has 6 nitrogen and oxygen atoms in total. The molecule has 0 aromatic rings. The summed E-state index contributed by atoms with van der Waals surface area (Å²) in [5.41, 5.74) is 0. The summed E-state index contributed by atoms with van der Waals surface area (Å²) in [6.45, 7) is 4.91. The molecule has 3 N–H and O–H groups in total. The van der Waals surface area contributed by atoms with Crippen molar-refractivity contribution >= 4 is 11.9 Å². The van der Waals surface area contributed by atoms with Crippen LogP contribution in [0, 0.1) is 0 Å². The summed E-state index contributed by atoms with van der Waals surface area (Å²) in [5.74, 6) is -0.0498. The van der Waals surface area contributed by atoms with Crippen LogP contribution in [-0.4, -0.2) is 47.4 Å². The first-order valence-electron chi connectivity index (χ1n) is 34.1. The smallest absolute Gasteiger partial charge is 0.305 e. The van der Waals surface area contributed by atoms with Gasteiger partial charge in [-0.05, 0) is 57.8 Å². The molecule has 0 saturated heterocycles. The van der Waals surface area contributed by atoms with Crippen LogP contribution in [0.2, 0.25) is 0 Å². The molecule has 0 aliphatic rings. The standard InChI is InChI=1S/C69H133NO5/c1-3-5-7-9-11-13-15-17-39-43-47-51-55-59-63-69(74)75-64-60-56-52-48-44-40-37-35-33-31-29-27-25-23-21-19-18-20-22-24-26-28-30-32-34-36-38-42-46-50-54-58-62-68(73)70-66(65-71)67(72)61-57-53-49-45-41-16-14-12-10-8-6-4-2/h15,17,57,61,66-67,71-72H,3-14,16,18-56,58-60,62-65H2,1-2H3,(H,70,73)/b17-15-,61-57+. The number of nitrogens with one attached hydrogen (secondary N) is 1. The zero-order chi connectivity index (χ0) is 54.3. The van der Waals surface area contributed by atoms with Gasteiger partial charge in [0.05, 0.1) is 25.4 Å². The minimum atomic E-state index is -0.839. The van der Waals surface area contributed by atoms with Gasteiger partial charge in [0.2, 0.25) is 5.91 Å². The van der Waals surface area contributed by atoms with E-state index in [0.717, 1.165) is 44.9 Å². The lowest BCUT2D eigenvalue weighted by Gasteiger charge is -2.20. The highest BCUT2D eigenvalue weighted by atomic mass is 16.5. The molecule has 2 atom stereocenters. The number of esters is 1. The molecule has 0 bridgehead atoms. The summed E-state index contributed by atoms with van der Waals surface area (Å²) in [7, 11) is 0. The number of hydrogen-bond acceptors (Lipinski definition) is 5. The fraction of sp³-hybridized carbons (Fsp3) is 0.913. The molecule has 2 unspecified atom stereocenters. The number of rotatable bonds is 64. The molecule has 1 amide bonds. The van der Waals surface area contributed by atoms with Crippen LogP contribution in [0.5, 0.6) is 0 Å². The highest BCUT2D eigenvalue weighted by Gasteiger charge is 2.18. The van der Waals surface area contributed by atoms with Gasteiger partial charge in [-0.3, -0.25) is 9.59 Å². The Balaban J connectivity index is 3.31. The van der Waals surface area contributed by atoms with Crippen LogP contribution >= 0.6 is 0 Å². The third-order valence-electron chi connectivity index (χ3n) is 16.0. The first kappa shape index (κ1) is 73.3. The molecular formula is C69H133NO5. The largest absolute Gasteiger partial charge is 0.466 e. The van der Waals surface area contributed by atoms with Crippen LogP contribution in [0.3, 0.4) is 0 Å². The molecule has 0 aliphatic heterocycles. The van der Waals surface area contributed by atoms with Crippen LogP contribution in [-0.2, 0) is 14.3 Å². The number of hydrogen-bond donors (Lipinski definition) is 3. The number of unbranched alkanes of at least 4 members (excludes halogenated alkanes) is 51. The van der Waals surface area contributed by atoms with Gasteiger partial charge in [-0.1, -0.05) is 334 Å². The highest BCUT2D eigenvalue weighted by Crippen LogP contribution is 2.19. The monoisotopic (exact) mass is 1060 g/mol. The average molecular weight is 1060 g/mol. The first-order chi connectivity index (χ1) is 37.0. The van der Waals surface area contributed by atoms with E-state index in [1.165, 1.54) is 308 Å². The fourth-order valence-corrected chi connectivity index (χ4v) is 10.7. The van der Waals surface area contributed by atoms with E-state index >= 15 is 0 Å². The second kappa shape index (κ2) is 64.9. The number of carbonyl (C=O) groups is 2. The van der Waals surface area contributed by atoms with E-state index in [0.29, 0.717) is 19.4 Å². The van der Waals surface area contributed by atoms with E-state index in [4.69, 9.17) is 4.74 Å². The third kappa shape index (κ3) is 61.4. The predicted octanol–water partition coefficient (Wildman–Crippen LogP) is 21.8. The molecule has 0 aromatic heterocycles. The third-order valence-corrected chi connectivity index (χ3v) is 16.0. The minimum Gasteiger partial charge on any atom is -0.466 e. The Bertz CT molecular complexity index is 1170. The van der Waals surface area contributed by atoms with Crippen molar-refractivity contribution in [3.63, 3.8) is 0 Å². The van der Waals surface area contributed by atoms with Gasteiger partial charge in [0.25, 0.3) is 0 Å². The molecule has 0 saturated carbocycles. The number of carbonyl (C=O) groups excluding carboxylic acids is 2. The van der Waals surface area contributed by atoms with Crippen molar-refractivity contribution in [2.75, 3.05) is 13.2 Å². The molecule has 0 spiro atoms. The van der Waals surface area contributed by atoms with Crippen molar-refractivity contribution in [1.82, 2.24) is 5.32 Å². The lowest BCUT2D eigenvalue weighted by Crippen LogP contribution is -2.45. The Hall–Kier alpha value is -1.66. The summed E-state index contributed by atoms with van der Waals surface area (Å²) >= 11 is 0. The summed E-state index contributed by atoms with van der Waals surface area (Å²) in [5, 5.41) is 23.1. The van der Waals surface area contributed by atoms with Crippen molar-refractivity contribution in [2.24, 2.45) is 0 Å². The summed E-state index contributed by atoms with van der Waals surface area (Å²) in [4.78, 5) is 24.5. The molecule has 0 aliphatic carbocycles. The summed E-state index contributed by atoms with van der Waals surface area (Å²) < 4.78 is 5.49. The van der Waals surface area contributed by atoms with E-state index in [1.807, 2.05) is 6.08 Å². The number of ether oxygens (including phenoxy) is 1. The molecule has 0 rings (SSSR count). The predicted molar refractivity (Wildman–Crippen MR) is 329 cm³/mol. The van der Waals surface area contributed by atoms with Gasteiger partial charge in [-0.2, -0.15) is 0 Å². The zero-order valence-electron chi connectivity index (χ0n) is 50.8. The normalized spacial score (nSPS) is 12.6. The molecule has 0 fully saturated rings. The molecule has 0 aromatic carbocycles. The van der Waals surface area contributed by atoms with E-state index < -0.39 is 12.1 Å². The van der Waals surface area contributed by atoms with Gasteiger partial charge in [0.15, 0.2) is 0 Å². The molecule has 444 valence electrons. The second-order valence-electron chi connectivity index (χ2n) is 23.5. The van der Waals surface area contributed by atoms with Gasteiger partial charge in [-0.25, -0.2) is 0 Å². The Morgan fingerprint density at radius 1 is 0.360 bits per heavy atom. The van der Waals surface area contributed by atoms with E-state index in [1.54, 1.807) is 6.08 Å². The maximum atomic E-state index is 12.4. The lowest BCUT2D eigenvalue weighted by molar-refractivity contribution is -0.143. The topological polar surface area (TPSA) is 95.9 Å². The van der Waals surface area contributed by atoms with Crippen molar-refractivity contribution in [1.29, 1.82) is 0 Å². The molecular weight excluding hydrogens is 923 g/mol. The zero-order valence-corrected chi connectivity index (χ0v) is 50.8. The first-order valence-corrected chi connectivity index (χ1v) is 34.1. The fourth-order valence-electron chi connectivity index (χ4n) is 10.7. The Kier molecular flexibility index (Phi) is 63.4. The summed E-state index contributed by atoms with van der Waals surface area (Å²) in [6, 6.07) is -0.623. The van der Waals surface area contributed by atoms with Crippen molar-refractivity contribution < 1.29 is 24.5 Å². The maximum Gasteiger partial charge on any atom is 0.305 e. The van der Waals surface area contributed by atoms with Gasteiger partial charge in [0, 0.05) is 12.8 Å². The average Bonchev–Trinajstić information content (AvgIpc) is 3.41.